The number of ether oxygens (including phenoxy) is 1. The molecule has 0 aromatic heterocycles. The van der Waals surface area contributed by atoms with Gasteiger partial charge in [0.25, 0.3) is 0 Å². The van der Waals surface area contributed by atoms with Gasteiger partial charge in [-0.15, -0.1) is 6.58 Å². The Kier molecular flexibility index (Phi) is 4.39. The summed E-state index contributed by atoms with van der Waals surface area (Å²) in [6, 6.07) is 7.61. The van der Waals surface area contributed by atoms with Gasteiger partial charge in [-0.2, -0.15) is 0 Å². The highest BCUT2D eigenvalue weighted by molar-refractivity contribution is 5.84. The molecule has 1 aromatic carbocycles. The van der Waals surface area contributed by atoms with Gasteiger partial charge < -0.3 is 15.7 Å². The van der Waals surface area contributed by atoms with E-state index in [-0.39, 0.29) is 5.84 Å². The van der Waals surface area contributed by atoms with Crippen LogP contribution in [0.15, 0.2) is 42.1 Å². The summed E-state index contributed by atoms with van der Waals surface area (Å²) in [6.07, 6.45) is 2.06. The molecular formula is C12H16N2O2. The predicted octanol–water partition coefficient (Wildman–Crippen LogP) is 1.93. The van der Waals surface area contributed by atoms with Gasteiger partial charge in [0, 0.05) is 0 Å². The Balaban J connectivity index is 2.83. The third kappa shape index (κ3) is 3.02. The van der Waals surface area contributed by atoms with Crippen LogP contribution in [0, 0.1) is 0 Å². The van der Waals surface area contributed by atoms with Crippen LogP contribution in [0.2, 0.25) is 0 Å². The molecule has 0 aliphatic rings. The number of nitrogens with zero attached hydrogens (tertiary/aromatic N) is 1. The number of allylic oxidation sites excluding steroid dienone is 1. The molecule has 1 aromatic rings. The minimum absolute atomic E-state index is 0.0495. The number of benzene rings is 1. The zero-order chi connectivity index (χ0) is 12.0. The van der Waals surface area contributed by atoms with Crippen molar-refractivity contribution in [1.82, 2.24) is 0 Å². The third-order valence-electron chi connectivity index (χ3n) is 2.17. The molecule has 0 fully saturated rings. The molecule has 0 saturated heterocycles. The molecule has 0 aliphatic heterocycles. The van der Waals surface area contributed by atoms with Crippen molar-refractivity contribution in [2.45, 2.75) is 19.4 Å². The molecule has 0 spiro atoms. The van der Waals surface area contributed by atoms with Gasteiger partial charge in [-0.3, -0.25) is 0 Å². The average molecular weight is 220 g/mol. The van der Waals surface area contributed by atoms with E-state index in [1.165, 1.54) is 0 Å². The second kappa shape index (κ2) is 5.80. The number of para-hydroxylation sites is 1. The van der Waals surface area contributed by atoms with Gasteiger partial charge in [0.2, 0.25) is 0 Å². The first-order chi connectivity index (χ1) is 7.69. The van der Waals surface area contributed by atoms with Gasteiger partial charge in [0.05, 0.1) is 0 Å². The van der Waals surface area contributed by atoms with Crippen LogP contribution in [0.25, 0.3) is 0 Å². The second-order valence-electron chi connectivity index (χ2n) is 3.39. The Morgan fingerprint density at radius 3 is 2.94 bits per heavy atom. The van der Waals surface area contributed by atoms with Gasteiger partial charge in [0.15, 0.2) is 11.9 Å². The fourth-order valence-electron chi connectivity index (χ4n) is 1.28. The van der Waals surface area contributed by atoms with E-state index in [9.17, 15) is 0 Å². The maximum atomic E-state index is 8.52. The first-order valence-corrected chi connectivity index (χ1v) is 5.02. The summed E-state index contributed by atoms with van der Waals surface area (Å²) in [7, 11) is 0. The SMILES string of the molecule is C=CCc1ccccc1O[C@H](C)/C(N)=N\O. The highest BCUT2D eigenvalue weighted by Gasteiger charge is 2.11. The molecule has 0 bridgehead atoms. The van der Waals surface area contributed by atoms with E-state index < -0.39 is 6.10 Å². The normalized spacial score (nSPS) is 13.2. The molecule has 1 atom stereocenters. The minimum atomic E-state index is -0.462. The van der Waals surface area contributed by atoms with Gasteiger partial charge in [-0.05, 0) is 25.0 Å². The zero-order valence-corrected chi connectivity index (χ0v) is 9.26. The van der Waals surface area contributed by atoms with E-state index in [1.807, 2.05) is 24.3 Å². The van der Waals surface area contributed by atoms with Crippen LogP contribution < -0.4 is 10.5 Å². The first kappa shape index (κ1) is 12.1. The smallest absolute Gasteiger partial charge is 0.180 e. The van der Waals surface area contributed by atoms with E-state index >= 15 is 0 Å². The van der Waals surface area contributed by atoms with Crippen LogP contribution in [0.5, 0.6) is 5.75 Å². The summed E-state index contributed by atoms with van der Waals surface area (Å²) in [6.45, 7) is 5.41. The Hall–Kier alpha value is -1.97. The molecule has 4 heteroatoms. The Morgan fingerprint density at radius 2 is 2.31 bits per heavy atom. The van der Waals surface area contributed by atoms with Crippen molar-refractivity contribution in [2.75, 3.05) is 0 Å². The largest absolute Gasteiger partial charge is 0.482 e. The molecular weight excluding hydrogens is 204 g/mol. The Morgan fingerprint density at radius 1 is 1.62 bits per heavy atom. The van der Waals surface area contributed by atoms with Crippen molar-refractivity contribution in [3.63, 3.8) is 0 Å². The van der Waals surface area contributed by atoms with Crippen molar-refractivity contribution >= 4 is 5.84 Å². The number of nitrogens with two attached hydrogens (primary N) is 1. The van der Waals surface area contributed by atoms with E-state index in [0.717, 1.165) is 17.7 Å². The van der Waals surface area contributed by atoms with Crippen LogP contribution in [-0.4, -0.2) is 17.1 Å². The second-order valence-corrected chi connectivity index (χ2v) is 3.39. The Labute approximate surface area is 95.0 Å². The van der Waals surface area contributed by atoms with Crippen LogP contribution in [0.4, 0.5) is 0 Å². The van der Waals surface area contributed by atoms with Gasteiger partial charge in [0.1, 0.15) is 5.75 Å². The van der Waals surface area contributed by atoms with Gasteiger partial charge in [-0.1, -0.05) is 29.4 Å². The lowest BCUT2D eigenvalue weighted by Crippen LogP contribution is -2.31. The van der Waals surface area contributed by atoms with Crippen LogP contribution in [-0.2, 0) is 6.42 Å². The number of oxime groups is 1. The monoisotopic (exact) mass is 220 g/mol. The highest BCUT2D eigenvalue weighted by Crippen LogP contribution is 2.20. The fourth-order valence-corrected chi connectivity index (χ4v) is 1.28. The van der Waals surface area contributed by atoms with Gasteiger partial charge in [-0.25, -0.2) is 0 Å². The van der Waals surface area contributed by atoms with Crippen molar-refractivity contribution < 1.29 is 9.94 Å². The molecule has 0 aliphatic carbocycles. The zero-order valence-electron chi connectivity index (χ0n) is 9.26. The molecule has 16 heavy (non-hydrogen) atoms. The summed E-state index contributed by atoms with van der Waals surface area (Å²) in [5.74, 6) is 0.773. The van der Waals surface area contributed by atoms with Crippen LogP contribution >= 0.6 is 0 Å². The number of hydrogen-bond acceptors (Lipinski definition) is 3. The predicted molar refractivity (Wildman–Crippen MR) is 63.8 cm³/mol. The lowest BCUT2D eigenvalue weighted by Gasteiger charge is -2.15. The maximum absolute atomic E-state index is 8.52. The quantitative estimate of drug-likeness (QED) is 0.262. The van der Waals surface area contributed by atoms with Crippen molar-refractivity contribution in [1.29, 1.82) is 0 Å². The number of hydrogen-bond donors (Lipinski definition) is 2. The minimum Gasteiger partial charge on any atom is -0.482 e. The summed E-state index contributed by atoms with van der Waals surface area (Å²) in [5, 5.41) is 11.4. The number of rotatable bonds is 5. The van der Waals surface area contributed by atoms with Crippen molar-refractivity contribution in [2.24, 2.45) is 10.9 Å². The lowest BCUT2D eigenvalue weighted by atomic mass is 10.1. The van der Waals surface area contributed by atoms with E-state index in [2.05, 4.69) is 11.7 Å². The Bertz CT molecular complexity index is 388. The summed E-state index contributed by atoms with van der Waals surface area (Å²) in [5.41, 5.74) is 6.47. The van der Waals surface area contributed by atoms with E-state index in [4.69, 9.17) is 15.7 Å². The number of amidine groups is 1. The van der Waals surface area contributed by atoms with Crippen molar-refractivity contribution in [3.8, 4) is 5.75 Å². The lowest BCUT2D eigenvalue weighted by molar-refractivity contribution is 0.264. The van der Waals surface area contributed by atoms with E-state index in [1.54, 1.807) is 13.0 Å². The van der Waals surface area contributed by atoms with Crippen LogP contribution in [0.1, 0.15) is 12.5 Å². The molecule has 1 rings (SSSR count). The van der Waals surface area contributed by atoms with E-state index in [0.29, 0.717) is 0 Å². The molecule has 4 nitrogen and oxygen atoms in total. The van der Waals surface area contributed by atoms with Gasteiger partial charge >= 0.3 is 0 Å². The molecule has 0 saturated carbocycles. The molecule has 86 valence electrons. The summed E-state index contributed by atoms with van der Waals surface area (Å²) in [4.78, 5) is 0. The molecule has 0 radical (unpaired) electrons. The molecule has 3 N–H and O–H groups in total. The fraction of sp³-hybridized carbons (Fsp3) is 0.250. The summed E-state index contributed by atoms with van der Waals surface area (Å²) >= 11 is 0. The summed E-state index contributed by atoms with van der Waals surface area (Å²) < 4.78 is 5.59. The van der Waals surface area contributed by atoms with Crippen molar-refractivity contribution in [3.05, 3.63) is 42.5 Å². The van der Waals surface area contributed by atoms with Crippen LogP contribution in [0.3, 0.4) is 0 Å². The molecule has 0 amide bonds. The molecule has 0 heterocycles. The maximum Gasteiger partial charge on any atom is 0.180 e. The average Bonchev–Trinajstić information content (AvgIpc) is 2.31. The standard InChI is InChI=1S/C12H16N2O2/c1-3-6-10-7-4-5-8-11(10)16-9(2)12(13)14-15/h3-5,7-9,15H,1,6H2,2H3,(H2,13,14)/t9-/m1/s1. The third-order valence-corrected chi connectivity index (χ3v) is 2.17. The topological polar surface area (TPSA) is 67.8 Å². The highest BCUT2D eigenvalue weighted by atomic mass is 16.5. The first-order valence-electron chi connectivity index (χ1n) is 5.02. The molecule has 0 unspecified atom stereocenters.